The molecule has 0 aliphatic heterocycles. The number of benzene rings is 1. The minimum absolute atomic E-state index is 0.308. The molecule has 2 nitrogen and oxygen atoms in total. The Morgan fingerprint density at radius 1 is 1.17 bits per heavy atom. The first-order chi connectivity index (χ1) is 8.77. The first-order valence-electron chi connectivity index (χ1n) is 7.12. The molecule has 1 amide bonds. The minimum Gasteiger partial charge on any atom is -0.338 e. The lowest BCUT2D eigenvalue weighted by Gasteiger charge is -2.37. The van der Waals surface area contributed by atoms with E-state index < -0.39 is 0 Å². The Hall–Kier alpha value is -1.31. The third-order valence-corrected chi connectivity index (χ3v) is 4.61. The largest absolute Gasteiger partial charge is 0.338 e. The standard InChI is InChI=1S/C16H21NO/c1-17(16(18)13-8-4-9-13)15-11-5-7-12-6-2-3-10-14(12)15/h2-3,6,10,13,15H,4-5,7-9,11H2,1H3. The number of hydrogen-bond acceptors (Lipinski definition) is 1. The van der Waals surface area contributed by atoms with Crippen molar-refractivity contribution in [3.63, 3.8) is 0 Å². The quantitative estimate of drug-likeness (QED) is 0.780. The van der Waals surface area contributed by atoms with Crippen LogP contribution in [-0.4, -0.2) is 17.9 Å². The lowest BCUT2D eigenvalue weighted by molar-refractivity contribution is -0.139. The molecule has 0 aromatic heterocycles. The highest BCUT2D eigenvalue weighted by Crippen LogP contribution is 2.36. The fourth-order valence-electron chi connectivity index (χ4n) is 3.23. The number of nitrogens with zero attached hydrogens (tertiary/aromatic N) is 1. The molecule has 1 aromatic carbocycles. The van der Waals surface area contributed by atoms with Crippen LogP contribution >= 0.6 is 0 Å². The maximum atomic E-state index is 12.4. The summed E-state index contributed by atoms with van der Waals surface area (Å²) in [7, 11) is 1.99. The maximum Gasteiger partial charge on any atom is 0.225 e. The van der Waals surface area contributed by atoms with E-state index in [1.54, 1.807) is 0 Å². The molecule has 1 unspecified atom stereocenters. The Morgan fingerprint density at radius 3 is 2.67 bits per heavy atom. The minimum atomic E-state index is 0.308. The summed E-state index contributed by atoms with van der Waals surface area (Å²) in [6.07, 6.45) is 6.90. The summed E-state index contributed by atoms with van der Waals surface area (Å²) in [5, 5.41) is 0. The van der Waals surface area contributed by atoms with Gasteiger partial charge in [-0.25, -0.2) is 0 Å². The number of amides is 1. The molecule has 1 fully saturated rings. The Kier molecular flexibility index (Phi) is 3.11. The zero-order valence-corrected chi connectivity index (χ0v) is 11.1. The molecule has 0 spiro atoms. The van der Waals surface area contributed by atoms with Crippen LogP contribution in [0.2, 0.25) is 0 Å². The lowest BCUT2D eigenvalue weighted by Crippen LogP contribution is -2.39. The van der Waals surface area contributed by atoms with Gasteiger partial charge in [0, 0.05) is 13.0 Å². The Labute approximate surface area is 109 Å². The second-order valence-electron chi connectivity index (χ2n) is 5.68. The summed E-state index contributed by atoms with van der Waals surface area (Å²) in [5.41, 5.74) is 2.81. The van der Waals surface area contributed by atoms with Crippen LogP contribution in [0.1, 0.15) is 49.3 Å². The van der Waals surface area contributed by atoms with Gasteiger partial charge >= 0.3 is 0 Å². The molecule has 0 N–H and O–H groups in total. The van der Waals surface area contributed by atoms with Crippen molar-refractivity contribution < 1.29 is 4.79 Å². The molecule has 0 radical (unpaired) electrons. The van der Waals surface area contributed by atoms with Gasteiger partial charge in [0.15, 0.2) is 0 Å². The molecule has 3 rings (SSSR count). The van der Waals surface area contributed by atoms with Gasteiger partial charge in [-0.1, -0.05) is 30.7 Å². The van der Waals surface area contributed by atoms with Crippen LogP contribution in [0.5, 0.6) is 0 Å². The number of carbonyl (C=O) groups is 1. The van der Waals surface area contributed by atoms with E-state index in [-0.39, 0.29) is 0 Å². The van der Waals surface area contributed by atoms with Crippen molar-refractivity contribution in [3.8, 4) is 0 Å². The van der Waals surface area contributed by atoms with Crippen LogP contribution < -0.4 is 0 Å². The molecule has 18 heavy (non-hydrogen) atoms. The monoisotopic (exact) mass is 243 g/mol. The molecule has 2 aliphatic rings. The van der Waals surface area contributed by atoms with Crippen molar-refractivity contribution in [1.82, 2.24) is 4.90 Å². The van der Waals surface area contributed by atoms with Crippen LogP contribution in [0.4, 0.5) is 0 Å². The SMILES string of the molecule is CN(C(=O)C1CCC1)C1CCCc2ccccc21. The topological polar surface area (TPSA) is 20.3 Å². The van der Waals surface area contributed by atoms with E-state index in [1.807, 2.05) is 11.9 Å². The first kappa shape index (κ1) is 11.8. The van der Waals surface area contributed by atoms with Crippen LogP contribution in [0.15, 0.2) is 24.3 Å². The molecule has 0 saturated heterocycles. The van der Waals surface area contributed by atoms with Gasteiger partial charge in [0.2, 0.25) is 5.91 Å². The third kappa shape index (κ3) is 1.94. The summed E-state index contributed by atoms with van der Waals surface area (Å²) >= 11 is 0. The summed E-state index contributed by atoms with van der Waals surface area (Å²) in [5.74, 6) is 0.673. The van der Waals surface area contributed by atoms with E-state index in [4.69, 9.17) is 0 Å². The zero-order valence-electron chi connectivity index (χ0n) is 11.1. The number of aryl methyl sites for hydroxylation is 1. The summed E-state index contributed by atoms with van der Waals surface area (Å²) < 4.78 is 0. The molecule has 2 aliphatic carbocycles. The molecule has 1 aromatic rings. The Bertz CT molecular complexity index is 450. The number of fused-ring (bicyclic) bond motifs is 1. The van der Waals surface area contributed by atoms with Crippen LogP contribution in [0, 0.1) is 5.92 Å². The average molecular weight is 243 g/mol. The fraction of sp³-hybridized carbons (Fsp3) is 0.562. The Balaban J connectivity index is 1.82. The van der Waals surface area contributed by atoms with Gasteiger partial charge < -0.3 is 4.90 Å². The smallest absolute Gasteiger partial charge is 0.225 e. The van der Waals surface area contributed by atoms with Gasteiger partial charge in [0.25, 0.3) is 0 Å². The highest BCUT2D eigenvalue weighted by Gasteiger charge is 2.33. The summed E-state index contributed by atoms with van der Waals surface area (Å²) in [6, 6.07) is 8.92. The lowest BCUT2D eigenvalue weighted by atomic mass is 9.82. The van der Waals surface area contributed by atoms with Crippen molar-refractivity contribution in [2.24, 2.45) is 5.92 Å². The maximum absolute atomic E-state index is 12.4. The van der Waals surface area contributed by atoms with Gasteiger partial charge in [0.1, 0.15) is 0 Å². The molecule has 0 bridgehead atoms. The van der Waals surface area contributed by atoms with Crippen LogP contribution in [0.3, 0.4) is 0 Å². The van der Waals surface area contributed by atoms with Gasteiger partial charge in [0.05, 0.1) is 6.04 Å². The predicted molar refractivity (Wildman–Crippen MR) is 72.2 cm³/mol. The normalized spacial score (nSPS) is 23.1. The zero-order chi connectivity index (χ0) is 12.5. The first-order valence-corrected chi connectivity index (χ1v) is 7.12. The van der Waals surface area contributed by atoms with Gasteiger partial charge in [-0.15, -0.1) is 0 Å². The van der Waals surface area contributed by atoms with Crippen molar-refractivity contribution in [1.29, 1.82) is 0 Å². The van der Waals surface area contributed by atoms with Crippen molar-refractivity contribution in [2.45, 2.75) is 44.6 Å². The van der Waals surface area contributed by atoms with Crippen molar-refractivity contribution in [3.05, 3.63) is 35.4 Å². The van der Waals surface area contributed by atoms with E-state index in [0.29, 0.717) is 17.9 Å². The van der Waals surface area contributed by atoms with Crippen molar-refractivity contribution >= 4 is 5.91 Å². The molecule has 1 saturated carbocycles. The van der Waals surface area contributed by atoms with Crippen LogP contribution in [-0.2, 0) is 11.2 Å². The van der Waals surface area contributed by atoms with Gasteiger partial charge in [-0.2, -0.15) is 0 Å². The fourth-order valence-corrected chi connectivity index (χ4v) is 3.23. The number of rotatable bonds is 2. The number of hydrogen-bond donors (Lipinski definition) is 0. The predicted octanol–water partition coefficient (Wildman–Crippen LogP) is 3.32. The van der Waals surface area contributed by atoms with Gasteiger partial charge in [-0.05, 0) is 43.2 Å². The Morgan fingerprint density at radius 2 is 1.94 bits per heavy atom. The molecule has 0 heterocycles. The second kappa shape index (κ2) is 4.75. The molecular weight excluding hydrogens is 222 g/mol. The van der Waals surface area contributed by atoms with Crippen LogP contribution in [0.25, 0.3) is 0 Å². The van der Waals surface area contributed by atoms with Crippen molar-refractivity contribution in [2.75, 3.05) is 7.05 Å². The highest BCUT2D eigenvalue weighted by molar-refractivity contribution is 5.79. The number of carbonyl (C=O) groups excluding carboxylic acids is 1. The molecular formula is C16H21NO. The van der Waals surface area contributed by atoms with E-state index in [9.17, 15) is 4.79 Å². The average Bonchev–Trinajstić information content (AvgIpc) is 2.35. The van der Waals surface area contributed by atoms with E-state index in [0.717, 1.165) is 25.7 Å². The third-order valence-electron chi connectivity index (χ3n) is 4.61. The highest BCUT2D eigenvalue weighted by atomic mass is 16.2. The molecule has 2 heteroatoms. The molecule has 1 atom stereocenters. The summed E-state index contributed by atoms with van der Waals surface area (Å²) in [6.45, 7) is 0. The molecule has 96 valence electrons. The van der Waals surface area contributed by atoms with E-state index >= 15 is 0 Å². The van der Waals surface area contributed by atoms with E-state index in [1.165, 1.54) is 24.0 Å². The van der Waals surface area contributed by atoms with E-state index in [2.05, 4.69) is 24.3 Å². The second-order valence-corrected chi connectivity index (χ2v) is 5.68. The van der Waals surface area contributed by atoms with Gasteiger partial charge in [-0.3, -0.25) is 4.79 Å². The summed E-state index contributed by atoms with van der Waals surface area (Å²) in [4.78, 5) is 14.4.